The molecule has 1 aliphatic rings. The summed E-state index contributed by atoms with van der Waals surface area (Å²) in [5.41, 5.74) is 5.38. The molecule has 1 aliphatic carbocycles. The van der Waals surface area contributed by atoms with E-state index in [0.29, 0.717) is 0 Å². The molecule has 0 radical (unpaired) electrons. The predicted octanol–water partition coefficient (Wildman–Crippen LogP) is 0.171. The van der Waals surface area contributed by atoms with Gasteiger partial charge >= 0.3 is 11.9 Å². The van der Waals surface area contributed by atoms with Crippen molar-refractivity contribution in [2.45, 2.75) is 57.1 Å². The first kappa shape index (κ1) is 16.4. The van der Waals surface area contributed by atoms with E-state index in [1.807, 2.05) is 0 Å². The van der Waals surface area contributed by atoms with Crippen LogP contribution in [0.3, 0.4) is 0 Å². The van der Waals surface area contributed by atoms with Crippen LogP contribution in [0.25, 0.3) is 0 Å². The molecule has 0 aromatic carbocycles. The van der Waals surface area contributed by atoms with Gasteiger partial charge in [-0.05, 0) is 25.7 Å². The minimum absolute atomic E-state index is 0.00113. The molecule has 1 rings (SSSR count). The van der Waals surface area contributed by atoms with Crippen molar-refractivity contribution in [2.75, 3.05) is 6.54 Å². The molecule has 0 spiro atoms. The second kappa shape index (κ2) is 8.52. The molecule has 0 aromatic rings. The molecular weight excluding hydrogens is 264 g/mol. The Balaban J connectivity index is 2.14. The topological polar surface area (TPSA) is 119 Å². The van der Waals surface area contributed by atoms with Gasteiger partial charge in [-0.15, -0.1) is 0 Å². The van der Waals surface area contributed by atoms with Crippen LogP contribution in [0.15, 0.2) is 0 Å². The van der Waals surface area contributed by atoms with Gasteiger partial charge in [0.05, 0.1) is 18.9 Å². The highest BCUT2D eigenvalue weighted by molar-refractivity contribution is 5.86. The number of aliphatic carboxylic acids is 1. The standard InChI is InChI=1S/C13H22N2O5/c14-10(8-11(16)17)13(19)15-7-6-12(18)20-9-4-2-1-3-5-9/h9-10H,1-8,14H2,(H,15,19)(H,16,17)/t10-/m1/s1. The Bertz CT molecular complexity index is 353. The van der Waals surface area contributed by atoms with Gasteiger partial charge in [-0.2, -0.15) is 0 Å². The van der Waals surface area contributed by atoms with E-state index in [1.54, 1.807) is 0 Å². The number of esters is 1. The fourth-order valence-corrected chi connectivity index (χ4v) is 2.13. The first-order valence-electron chi connectivity index (χ1n) is 6.93. The quantitative estimate of drug-likeness (QED) is 0.574. The number of carbonyl (C=O) groups is 3. The lowest BCUT2D eigenvalue weighted by atomic mass is 9.98. The third-order valence-corrected chi connectivity index (χ3v) is 3.21. The largest absolute Gasteiger partial charge is 0.481 e. The van der Waals surface area contributed by atoms with E-state index in [-0.39, 0.29) is 25.0 Å². The van der Waals surface area contributed by atoms with Gasteiger partial charge < -0.3 is 20.9 Å². The summed E-state index contributed by atoms with van der Waals surface area (Å²) in [6, 6.07) is -1.10. The van der Waals surface area contributed by atoms with Crippen molar-refractivity contribution in [2.24, 2.45) is 5.73 Å². The maximum Gasteiger partial charge on any atom is 0.307 e. The number of carbonyl (C=O) groups excluding carboxylic acids is 2. The van der Waals surface area contributed by atoms with Crippen molar-refractivity contribution in [3.63, 3.8) is 0 Å². The maximum atomic E-state index is 11.5. The van der Waals surface area contributed by atoms with Crippen LogP contribution < -0.4 is 11.1 Å². The van der Waals surface area contributed by atoms with E-state index in [0.717, 1.165) is 25.7 Å². The highest BCUT2D eigenvalue weighted by atomic mass is 16.5. The predicted molar refractivity (Wildman–Crippen MR) is 70.8 cm³/mol. The molecule has 7 heteroatoms. The van der Waals surface area contributed by atoms with Crippen molar-refractivity contribution in [1.29, 1.82) is 0 Å². The minimum Gasteiger partial charge on any atom is -0.481 e. The summed E-state index contributed by atoms with van der Waals surface area (Å²) >= 11 is 0. The van der Waals surface area contributed by atoms with Gasteiger partial charge in [0.25, 0.3) is 0 Å². The lowest BCUT2D eigenvalue weighted by molar-refractivity contribution is -0.150. The first-order chi connectivity index (χ1) is 9.49. The van der Waals surface area contributed by atoms with E-state index < -0.39 is 24.3 Å². The number of hydrogen-bond donors (Lipinski definition) is 3. The minimum atomic E-state index is -1.13. The zero-order valence-electron chi connectivity index (χ0n) is 11.5. The molecule has 0 aromatic heterocycles. The van der Waals surface area contributed by atoms with Gasteiger partial charge in [0.1, 0.15) is 6.10 Å². The Hall–Kier alpha value is -1.63. The van der Waals surface area contributed by atoms with Crippen molar-refractivity contribution >= 4 is 17.8 Å². The monoisotopic (exact) mass is 286 g/mol. The molecule has 0 unspecified atom stereocenters. The molecule has 20 heavy (non-hydrogen) atoms. The zero-order valence-corrected chi connectivity index (χ0v) is 11.5. The molecule has 1 atom stereocenters. The third kappa shape index (κ3) is 6.51. The molecule has 114 valence electrons. The van der Waals surface area contributed by atoms with Crippen molar-refractivity contribution in [3.8, 4) is 0 Å². The summed E-state index contributed by atoms with van der Waals surface area (Å²) in [6.07, 6.45) is 4.80. The van der Waals surface area contributed by atoms with E-state index in [4.69, 9.17) is 15.6 Å². The Morgan fingerprint density at radius 1 is 1.25 bits per heavy atom. The van der Waals surface area contributed by atoms with Crippen LogP contribution in [0.5, 0.6) is 0 Å². The first-order valence-corrected chi connectivity index (χ1v) is 6.93. The van der Waals surface area contributed by atoms with Gasteiger partial charge in [0.2, 0.25) is 5.91 Å². The molecule has 4 N–H and O–H groups in total. The summed E-state index contributed by atoms with van der Waals surface area (Å²) in [7, 11) is 0. The second-order valence-corrected chi connectivity index (χ2v) is 5.00. The molecular formula is C13H22N2O5. The summed E-state index contributed by atoms with van der Waals surface area (Å²) in [4.78, 5) is 33.3. The lowest BCUT2D eigenvalue weighted by Crippen LogP contribution is -2.42. The summed E-state index contributed by atoms with van der Waals surface area (Å²) in [5.74, 6) is -2.05. The van der Waals surface area contributed by atoms with Crippen LogP contribution >= 0.6 is 0 Å². The van der Waals surface area contributed by atoms with Crippen LogP contribution in [0.4, 0.5) is 0 Å². The number of nitrogens with one attached hydrogen (secondary N) is 1. The van der Waals surface area contributed by atoms with Crippen LogP contribution in [-0.2, 0) is 19.1 Å². The molecule has 0 aliphatic heterocycles. The van der Waals surface area contributed by atoms with Gasteiger partial charge in [0, 0.05) is 6.54 Å². The Kier molecular flexibility index (Phi) is 7.00. The SMILES string of the molecule is N[C@H](CC(=O)O)C(=O)NCCC(=O)OC1CCCCC1. The van der Waals surface area contributed by atoms with Crippen molar-refractivity contribution in [3.05, 3.63) is 0 Å². The number of ether oxygens (including phenoxy) is 1. The van der Waals surface area contributed by atoms with Gasteiger partial charge in [-0.25, -0.2) is 0 Å². The molecule has 0 saturated heterocycles. The summed E-state index contributed by atoms with van der Waals surface area (Å²) < 4.78 is 5.28. The highest BCUT2D eigenvalue weighted by Gasteiger charge is 2.19. The fourth-order valence-electron chi connectivity index (χ4n) is 2.13. The van der Waals surface area contributed by atoms with Crippen molar-refractivity contribution < 1.29 is 24.2 Å². The van der Waals surface area contributed by atoms with Crippen LogP contribution in [0.2, 0.25) is 0 Å². The number of nitrogens with two attached hydrogens (primary N) is 1. The van der Waals surface area contributed by atoms with E-state index in [9.17, 15) is 14.4 Å². The molecule has 0 bridgehead atoms. The number of carboxylic acid groups (broad SMARTS) is 1. The average molecular weight is 286 g/mol. The number of hydrogen-bond acceptors (Lipinski definition) is 5. The number of rotatable bonds is 7. The molecule has 7 nitrogen and oxygen atoms in total. The summed E-state index contributed by atoms with van der Waals surface area (Å²) in [6.45, 7) is 0.109. The molecule has 1 saturated carbocycles. The van der Waals surface area contributed by atoms with Crippen LogP contribution in [0, 0.1) is 0 Å². The van der Waals surface area contributed by atoms with Gasteiger partial charge in [0.15, 0.2) is 0 Å². The average Bonchev–Trinajstić information content (AvgIpc) is 2.38. The zero-order chi connectivity index (χ0) is 15.0. The van der Waals surface area contributed by atoms with Crippen molar-refractivity contribution in [1.82, 2.24) is 5.32 Å². The maximum absolute atomic E-state index is 11.5. The van der Waals surface area contributed by atoms with Gasteiger partial charge in [-0.3, -0.25) is 14.4 Å². The fraction of sp³-hybridized carbons (Fsp3) is 0.769. The second-order valence-electron chi connectivity index (χ2n) is 5.00. The number of carboxylic acids is 1. The lowest BCUT2D eigenvalue weighted by Gasteiger charge is -2.21. The van der Waals surface area contributed by atoms with Crippen LogP contribution in [-0.4, -0.2) is 41.6 Å². The molecule has 1 amide bonds. The molecule has 0 heterocycles. The third-order valence-electron chi connectivity index (χ3n) is 3.21. The Morgan fingerprint density at radius 3 is 2.50 bits per heavy atom. The van der Waals surface area contributed by atoms with E-state index in [1.165, 1.54) is 6.42 Å². The van der Waals surface area contributed by atoms with Crippen LogP contribution in [0.1, 0.15) is 44.9 Å². The van der Waals surface area contributed by atoms with E-state index in [2.05, 4.69) is 5.32 Å². The van der Waals surface area contributed by atoms with Gasteiger partial charge in [-0.1, -0.05) is 6.42 Å². The molecule has 1 fully saturated rings. The smallest absolute Gasteiger partial charge is 0.307 e. The Morgan fingerprint density at radius 2 is 1.90 bits per heavy atom. The highest BCUT2D eigenvalue weighted by Crippen LogP contribution is 2.20. The Labute approximate surface area is 117 Å². The summed E-state index contributed by atoms with van der Waals surface area (Å²) in [5, 5.41) is 10.9. The number of amides is 1. The van der Waals surface area contributed by atoms with E-state index >= 15 is 0 Å². The normalized spacial score (nSPS) is 17.2.